The molecule has 0 spiro atoms. The van der Waals surface area contributed by atoms with E-state index in [1.807, 2.05) is 42.2 Å². The normalized spacial score (nSPS) is 15.4. The van der Waals surface area contributed by atoms with E-state index < -0.39 is 0 Å². The summed E-state index contributed by atoms with van der Waals surface area (Å²) in [5.41, 5.74) is 0.854. The van der Waals surface area contributed by atoms with E-state index in [0.717, 1.165) is 25.2 Å². The number of carbonyl (C=O) groups is 1. The van der Waals surface area contributed by atoms with Crippen molar-refractivity contribution in [3.05, 3.63) is 51.3 Å². The molecule has 7 heteroatoms. The first-order valence-electron chi connectivity index (χ1n) is 8.19. The summed E-state index contributed by atoms with van der Waals surface area (Å²) in [4.78, 5) is 16.7. The maximum atomic E-state index is 12.5. The van der Waals surface area contributed by atoms with Gasteiger partial charge < -0.3 is 14.1 Å². The van der Waals surface area contributed by atoms with Crippen molar-refractivity contribution in [2.75, 3.05) is 39.3 Å². The lowest BCUT2D eigenvalue weighted by Gasteiger charge is -2.34. The summed E-state index contributed by atoms with van der Waals surface area (Å²) in [5.74, 6) is 1.08. The SMILES string of the molecule is Cc1cc(Br)oc1C(=O)N1CCN(CCOc2ccccc2Cl)CC1. The van der Waals surface area contributed by atoms with E-state index in [9.17, 15) is 4.79 Å². The van der Waals surface area contributed by atoms with E-state index in [2.05, 4.69) is 20.8 Å². The molecule has 0 N–H and O–H groups in total. The molecule has 1 aromatic heterocycles. The maximum absolute atomic E-state index is 12.5. The van der Waals surface area contributed by atoms with Gasteiger partial charge in [-0.25, -0.2) is 0 Å². The highest BCUT2D eigenvalue weighted by Crippen LogP contribution is 2.23. The molecule has 0 saturated carbocycles. The van der Waals surface area contributed by atoms with E-state index in [-0.39, 0.29) is 5.91 Å². The Morgan fingerprint density at radius 2 is 2.00 bits per heavy atom. The van der Waals surface area contributed by atoms with E-state index >= 15 is 0 Å². The van der Waals surface area contributed by atoms with Crippen LogP contribution >= 0.6 is 27.5 Å². The van der Waals surface area contributed by atoms with Crippen molar-refractivity contribution >= 4 is 33.4 Å². The van der Waals surface area contributed by atoms with E-state index in [0.29, 0.717) is 40.9 Å². The first-order chi connectivity index (χ1) is 12.0. The fourth-order valence-corrected chi connectivity index (χ4v) is 3.52. The van der Waals surface area contributed by atoms with Crippen LogP contribution in [-0.2, 0) is 0 Å². The highest BCUT2D eigenvalue weighted by Gasteiger charge is 2.25. The molecule has 0 atom stereocenters. The Morgan fingerprint density at radius 1 is 1.28 bits per heavy atom. The molecule has 1 aliphatic rings. The third-order valence-electron chi connectivity index (χ3n) is 4.24. The van der Waals surface area contributed by atoms with Crippen LogP contribution in [0.5, 0.6) is 5.75 Å². The Balaban J connectivity index is 1.45. The molecule has 0 unspecified atom stereocenters. The van der Waals surface area contributed by atoms with Gasteiger partial charge in [-0.1, -0.05) is 23.7 Å². The van der Waals surface area contributed by atoms with Gasteiger partial charge in [0.1, 0.15) is 12.4 Å². The molecule has 1 aromatic carbocycles. The topological polar surface area (TPSA) is 45.9 Å². The lowest BCUT2D eigenvalue weighted by molar-refractivity contribution is 0.0588. The monoisotopic (exact) mass is 426 g/mol. The zero-order valence-corrected chi connectivity index (χ0v) is 16.3. The third kappa shape index (κ3) is 4.57. The molecule has 3 rings (SSSR count). The minimum Gasteiger partial charge on any atom is -0.491 e. The number of furan rings is 1. The number of rotatable bonds is 5. The predicted molar refractivity (Wildman–Crippen MR) is 100 cm³/mol. The van der Waals surface area contributed by atoms with Gasteiger partial charge >= 0.3 is 0 Å². The summed E-state index contributed by atoms with van der Waals surface area (Å²) in [6.45, 7) is 6.26. The van der Waals surface area contributed by atoms with Crippen molar-refractivity contribution in [3.63, 3.8) is 0 Å². The number of piperazine rings is 1. The fraction of sp³-hybridized carbons (Fsp3) is 0.389. The number of amides is 1. The van der Waals surface area contributed by atoms with Crippen molar-refractivity contribution in [1.29, 1.82) is 0 Å². The number of ether oxygens (including phenoxy) is 1. The van der Waals surface area contributed by atoms with Gasteiger partial charge in [0.05, 0.1) is 5.02 Å². The van der Waals surface area contributed by atoms with E-state index in [1.165, 1.54) is 0 Å². The Morgan fingerprint density at radius 3 is 2.64 bits per heavy atom. The number of carbonyl (C=O) groups excluding carboxylic acids is 1. The molecule has 0 radical (unpaired) electrons. The number of hydrogen-bond acceptors (Lipinski definition) is 4. The molecular weight excluding hydrogens is 408 g/mol. The molecule has 25 heavy (non-hydrogen) atoms. The van der Waals surface area contributed by atoms with Gasteiger partial charge in [-0.3, -0.25) is 9.69 Å². The number of benzene rings is 1. The maximum Gasteiger partial charge on any atom is 0.289 e. The smallest absolute Gasteiger partial charge is 0.289 e. The predicted octanol–water partition coefficient (Wildman–Crippen LogP) is 3.84. The summed E-state index contributed by atoms with van der Waals surface area (Å²) >= 11 is 9.35. The number of halogens is 2. The van der Waals surface area contributed by atoms with Crippen LogP contribution in [0, 0.1) is 6.92 Å². The van der Waals surface area contributed by atoms with Gasteiger partial charge in [0, 0.05) is 38.3 Å². The summed E-state index contributed by atoms with van der Waals surface area (Å²) in [6, 6.07) is 9.28. The molecule has 1 saturated heterocycles. The van der Waals surface area contributed by atoms with Crippen LogP contribution in [0.3, 0.4) is 0 Å². The second-order valence-corrected chi connectivity index (χ2v) is 7.16. The van der Waals surface area contributed by atoms with Crippen LogP contribution in [0.2, 0.25) is 5.02 Å². The van der Waals surface area contributed by atoms with Crippen LogP contribution in [0.4, 0.5) is 0 Å². The number of aryl methyl sites for hydroxylation is 1. The minimum absolute atomic E-state index is 0.0461. The van der Waals surface area contributed by atoms with Gasteiger partial charge in [-0.05, 0) is 41.1 Å². The molecule has 134 valence electrons. The fourth-order valence-electron chi connectivity index (χ4n) is 2.82. The Labute approximate surface area is 160 Å². The van der Waals surface area contributed by atoms with Crippen LogP contribution in [-0.4, -0.2) is 55.0 Å². The molecule has 1 aliphatic heterocycles. The third-order valence-corrected chi connectivity index (χ3v) is 4.95. The van der Waals surface area contributed by atoms with Crippen molar-refractivity contribution in [3.8, 4) is 5.75 Å². The second-order valence-electron chi connectivity index (χ2n) is 5.98. The van der Waals surface area contributed by atoms with Crippen LogP contribution in [0.15, 0.2) is 39.4 Å². The molecule has 2 heterocycles. The molecular formula is C18H20BrClN2O3. The Kier molecular flexibility index (Phi) is 6.04. The lowest BCUT2D eigenvalue weighted by Crippen LogP contribution is -2.49. The second kappa shape index (κ2) is 8.25. The van der Waals surface area contributed by atoms with Crippen molar-refractivity contribution in [1.82, 2.24) is 9.80 Å². The Bertz CT molecular complexity index is 742. The minimum atomic E-state index is -0.0461. The summed E-state index contributed by atoms with van der Waals surface area (Å²) < 4.78 is 11.8. The molecule has 0 aliphatic carbocycles. The zero-order chi connectivity index (χ0) is 17.8. The lowest BCUT2D eigenvalue weighted by atomic mass is 10.2. The average molecular weight is 428 g/mol. The standard InChI is InChI=1S/C18H20BrClN2O3/c1-13-12-16(19)25-17(13)18(23)22-8-6-21(7-9-22)10-11-24-15-5-3-2-4-14(15)20/h2-5,12H,6-11H2,1H3. The van der Waals surface area contributed by atoms with Gasteiger partial charge in [0.15, 0.2) is 10.4 Å². The van der Waals surface area contributed by atoms with Gasteiger partial charge in [0.25, 0.3) is 5.91 Å². The summed E-state index contributed by atoms with van der Waals surface area (Å²) in [6.07, 6.45) is 0. The number of para-hydroxylation sites is 1. The van der Waals surface area contributed by atoms with E-state index in [1.54, 1.807) is 0 Å². The van der Waals surface area contributed by atoms with Crippen LogP contribution < -0.4 is 4.74 Å². The summed E-state index contributed by atoms with van der Waals surface area (Å²) in [7, 11) is 0. The number of hydrogen-bond donors (Lipinski definition) is 0. The van der Waals surface area contributed by atoms with Gasteiger partial charge in [-0.2, -0.15) is 0 Å². The largest absolute Gasteiger partial charge is 0.491 e. The van der Waals surface area contributed by atoms with E-state index in [4.69, 9.17) is 20.8 Å². The molecule has 1 fully saturated rings. The number of nitrogens with zero attached hydrogens (tertiary/aromatic N) is 2. The highest BCUT2D eigenvalue weighted by molar-refractivity contribution is 9.10. The van der Waals surface area contributed by atoms with Crippen LogP contribution in [0.25, 0.3) is 0 Å². The first kappa shape index (κ1) is 18.3. The Hall–Kier alpha value is -1.50. The quantitative estimate of drug-likeness (QED) is 0.727. The highest BCUT2D eigenvalue weighted by atomic mass is 79.9. The van der Waals surface area contributed by atoms with Crippen molar-refractivity contribution in [2.24, 2.45) is 0 Å². The van der Waals surface area contributed by atoms with Gasteiger partial charge in [-0.15, -0.1) is 0 Å². The molecule has 5 nitrogen and oxygen atoms in total. The van der Waals surface area contributed by atoms with Gasteiger partial charge in [0.2, 0.25) is 0 Å². The van der Waals surface area contributed by atoms with Crippen molar-refractivity contribution < 1.29 is 13.9 Å². The zero-order valence-electron chi connectivity index (χ0n) is 14.0. The first-order valence-corrected chi connectivity index (χ1v) is 9.36. The van der Waals surface area contributed by atoms with Crippen LogP contribution in [0.1, 0.15) is 16.1 Å². The summed E-state index contributed by atoms with van der Waals surface area (Å²) in [5, 5.41) is 0.623. The molecule has 2 aromatic rings. The molecule has 1 amide bonds. The molecule has 0 bridgehead atoms. The average Bonchev–Trinajstić information content (AvgIpc) is 2.95. The van der Waals surface area contributed by atoms with Crippen molar-refractivity contribution in [2.45, 2.75) is 6.92 Å².